The molecular weight excluding hydrogens is 441 g/mol. The molecule has 0 unspecified atom stereocenters. The van der Waals surface area contributed by atoms with Gasteiger partial charge in [0.2, 0.25) is 5.76 Å². The number of likely N-dealkylation sites (tertiary alicyclic amines) is 1. The van der Waals surface area contributed by atoms with Crippen molar-refractivity contribution in [3.8, 4) is 0 Å². The zero-order valence-corrected chi connectivity index (χ0v) is 19.4. The van der Waals surface area contributed by atoms with Crippen molar-refractivity contribution in [2.45, 2.75) is 25.2 Å². The van der Waals surface area contributed by atoms with E-state index in [0.29, 0.717) is 32.7 Å². The summed E-state index contributed by atoms with van der Waals surface area (Å²) in [5.41, 5.74) is 8.42. The third-order valence-electron chi connectivity index (χ3n) is 6.21. The number of hydrogen-bond donors (Lipinski definition) is 2. The number of nitrogens with one attached hydrogen (secondary N) is 1. The maximum Gasteiger partial charge on any atom is 0.290 e. The Morgan fingerprint density at radius 1 is 1.43 bits per heavy atom. The van der Waals surface area contributed by atoms with E-state index in [9.17, 15) is 0 Å². The number of benzene rings is 1. The Kier molecular flexibility index (Phi) is 6.17. The van der Waals surface area contributed by atoms with E-state index in [1.54, 1.807) is 11.6 Å². The van der Waals surface area contributed by atoms with Crippen LogP contribution < -0.4 is 5.73 Å². The van der Waals surface area contributed by atoms with Crippen LogP contribution in [0.15, 0.2) is 29.0 Å². The third-order valence-corrected chi connectivity index (χ3v) is 7.99. The molecule has 4 rings (SSSR count). The van der Waals surface area contributed by atoms with Crippen LogP contribution in [0.4, 0.5) is 0 Å². The summed E-state index contributed by atoms with van der Waals surface area (Å²) in [6, 6.07) is 6.08. The van der Waals surface area contributed by atoms with Crippen LogP contribution in [-0.4, -0.2) is 57.9 Å². The quantitative estimate of drug-likeness (QED) is 0.291. The SMILES string of the molecule is Cc1ncoc1C(N)=[N+](C)C(=N)SCCCN1C[C@H]2C[C@@]2(c2ccc(Cl)c(Cl)c2)C1. The lowest BCUT2D eigenvalue weighted by molar-refractivity contribution is -0.366. The van der Waals surface area contributed by atoms with E-state index in [0.717, 1.165) is 37.5 Å². The second-order valence-electron chi connectivity index (χ2n) is 8.14. The Labute approximate surface area is 190 Å². The van der Waals surface area contributed by atoms with Crippen molar-refractivity contribution in [1.29, 1.82) is 5.41 Å². The summed E-state index contributed by atoms with van der Waals surface area (Å²) in [7, 11) is 1.78. The minimum absolute atomic E-state index is 0.257. The highest BCUT2D eigenvalue weighted by atomic mass is 35.5. The van der Waals surface area contributed by atoms with E-state index in [-0.39, 0.29) is 5.41 Å². The molecule has 1 saturated heterocycles. The van der Waals surface area contributed by atoms with E-state index in [4.69, 9.17) is 38.8 Å². The van der Waals surface area contributed by atoms with Crippen LogP contribution in [0.2, 0.25) is 10.0 Å². The fourth-order valence-corrected chi connectivity index (χ4v) is 5.43. The minimum atomic E-state index is 0.257. The molecule has 1 aromatic carbocycles. The molecule has 160 valence electrons. The van der Waals surface area contributed by atoms with Gasteiger partial charge in [0.15, 0.2) is 6.39 Å². The molecule has 0 spiro atoms. The van der Waals surface area contributed by atoms with Gasteiger partial charge in [-0.3, -0.25) is 0 Å². The van der Waals surface area contributed by atoms with Gasteiger partial charge in [-0.1, -0.05) is 41.0 Å². The van der Waals surface area contributed by atoms with E-state index in [2.05, 4.69) is 16.0 Å². The van der Waals surface area contributed by atoms with Crippen LogP contribution in [0.3, 0.4) is 0 Å². The Bertz CT molecular complexity index is 1010. The molecule has 0 bridgehead atoms. The van der Waals surface area contributed by atoms with Crippen molar-refractivity contribution in [2.75, 3.05) is 32.4 Å². The van der Waals surface area contributed by atoms with Gasteiger partial charge in [-0.2, -0.15) is 5.41 Å². The molecule has 6 nitrogen and oxygen atoms in total. The van der Waals surface area contributed by atoms with Crippen LogP contribution in [0.25, 0.3) is 0 Å². The lowest BCUT2D eigenvalue weighted by Crippen LogP contribution is -2.30. The molecule has 9 heteroatoms. The lowest BCUT2D eigenvalue weighted by Gasteiger charge is -2.21. The van der Waals surface area contributed by atoms with Crippen LogP contribution in [0.5, 0.6) is 0 Å². The van der Waals surface area contributed by atoms with Crippen molar-refractivity contribution in [3.05, 3.63) is 51.7 Å². The predicted molar refractivity (Wildman–Crippen MR) is 123 cm³/mol. The summed E-state index contributed by atoms with van der Waals surface area (Å²) in [6.45, 7) is 5.07. The average molecular weight is 467 g/mol. The van der Waals surface area contributed by atoms with E-state index in [1.807, 2.05) is 19.1 Å². The first-order valence-electron chi connectivity index (χ1n) is 9.97. The minimum Gasteiger partial charge on any atom is -0.437 e. The summed E-state index contributed by atoms with van der Waals surface area (Å²) in [6.07, 6.45) is 3.63. The molecular formula is C21H26Cl2N5OS+. The normalized spacial score (nSPS) is 23.9. The molecule has 1 aliphatic heterocycles. The molecule has 2 aliphatic rings. The van der Waals surface area contributed by atoms with Crippen molar-refractivity contribution in [1.82, 2.24) is 9.88 Å². The van der Waals surface area contributed by atoms with Crippen LogP contribution in [0, 0.1) is 18.3 Å². The number of aromatic nitrogens is 1. The zero-order chi connectivity index (χ0) is 21.5. The molecule has 1 aromatic heterocycles. The van der Waals surface area contributed by atoms with Crippen LogP contribution >= 0.6 is 35.0 Å². The smallest absolute Gasteiger partial charge is 0.290 e. The number of thioether (sulfide) groups is 1. The molecule has 30 heavy (non-hydrogen) atoms. The number of nitrogens with two attached hydrogens (primary N) is 1. The number of fused-ring (bicyclic) bond motifs is 1. The van der Waals surface area contributed by atoms with Crippen molar-refractivity contribution in [3.63, 3.8) is 0 Å². The topological polar surface area (TPSA) is 82.1 Å². The summed E-state index contributed by atoms with van der Waals surface area (Å²) < 4.78 is 6.96. The third kappa shape index (κ3) is 4.13. The average Bonchev–Trinajstić information content (AvgIpc) is 3.06. The molecule has 2 atom stereocenters. The van der Waals surface area contributed by atoms with E-state index in [1.165, 1.54) is 30.1 Å². The zero-order valence-electron chi connectivity index (χ0n) is 17.1. The lowest BCUT2D eigenvalue weighted by atomic mass is 9.95. The van der Waals surface area contributed by atoms with Gasteiger partial charge in [-0.25, -0.2) is 9.56 Å². The number of aryl methyl sites for hydroxylation is 1. The van der Waals surface area contributed by atoms with Crippen LogP contribution in [-0.2, 0) is 5.41 Å². The van der Waals surface area contributed by atoms with Crippen molar-refractivity contribution >= 4 is 46.0 Å². The Morgan fingerprint density at radius 2 is 2.23 bits per heavy atom. The molecule has 2 heterocycles. The number of oxazole rings is 1. The number of nitrogens with zero attached hydrogens (tertiary/aromatic N) is 3. The summed E-state index contributed by atoms with van der Waals surface area (Å²) in [4.78, 5) is 6.58. The summed E-state index contributed by atoms with van der Waals surface area (Å²) >= 11 is 13.8. The second kappa shape index (κ2) is 8.54. The highest BCUT2D eigenvalue weighted by Gasteiger charge is 2.60. The van der Waals surface area contributed by atoms with Gasteiger partial charge in [0.25, 0.3) is 11.0 Å². The first-order chi connectivity index (χ1) is 14.3. The monoisotopic (exact) mass is 466 g/mol. The van der Waals surface area contributed by atoms with Gasteiger partial charge in [-0.15, -0.1) is 0 Å². The molecule has 0 radical (unpaired) electrons. The fourth-order valence-electron chi connectivity index (χ4n) is 4.37. The number of piperidine rings is 1. The van der Waals surface area contributed by atoms with E-state index < -0.39 is 0 Å². The number of hydrogen-bond acceptors (Lipinski definition) is 5. The highest BCUT2D eigenvalue weighted by molar-refractivity contribution is 8.13. The standard InChI is InChI=1S/C21H25Cl2N5OS/c1-13-18(29-12-26-13)19(24)27(2)20(25)30-7-3-6-28-10-15-9-21(15,11-28)14-4-5-16(22)17(23)8-14/h4-5,8,12,15,24-25H,3,6-7,9-11H2,1-2H3/p+1/t15-,21+/m1/s1. The number of halogens is 2. The van der Waals surface area contributed by atoms with Crippen molar-refractivity contribution < 1.29 is 8.99 Å². The van der Waals surface area contributed by atoms with Gasteiger partial charge in [-0.05, 0) is 49.9 Å². The largest absolute Gasteiger partial charge is 0.437 e. The maximum absolute atomic E-state index is 8.29. The van der Waals surface area contributed by atoms with Crippen LogP contribution in [0.1, 0.15) is 29.9 Å². The Hall–Kier alpha value is -1.54. The van der Waals surface area contributed by atoms with Gasteiger partial charge in [0.05, 0.1) is 22.8 Å². The van der Waals surface area contributed by atoms with Gasteiger partial charge >= 0.3 is 0 Å². The second-order valence-corrected chi connectivity index (χ2v) is 10.0. The highest BCUT2D eigenvalue weighted by Crippen LogP contribution is 2.59. The summed E-state index contributed by atoms with van der Waals surface area (Å²) in [5, 5.41) is 9.95. The molecule has 2 aromatic rings. The first kappa shape index (κ1) is 21.7. The molecule has 1 aliphatic carbocycles. The first-order valence-corrected chi connectivity index (χ1v) is 11.7. The molecule has 3 N–H and O–H groups in total. The predicted octanol–water partition coefficient (Wildman–Crippen LogP) is 3.97. The molecule has 0 amide bonds. The van der Waals surface area contributed by atoms with Gasteiger partial charge in [0.1, 0.15) is 0 Å². The molecule has 2 fully saturated rings. The maximum atomic E-state index is 8.29. The number of rotatable bonds is 6. The van der Waals surface area contributed by atoms with Gasteiger partial charge in [0, 0.05) is 24.3 Å². The Morgan fingerprint density at radius 3 is 2.93 bits per heavy atom. The molecule has 1 saturated carbocycles. The fraction of sp³-hybridized carbons (Fsp3) is 0.476. The number of amidine groups is 2. The van der Waals surface area contributed by atoms with Crippen molar-refractivity contribution in [2.24, 2.45) is 11.7 Å². The summed E-state index contributed by atoms with van der Waals surface area (Å²) in [5.74, 6) is 2.51. The van der Waals surface area contributed by atoms with E-state index >= 15 is 0 Å². The van der Waals surface area contributed by atoms with Gasteiger partial charge < -0.3 is 15.1 Å². The Balaban J connectivity index is 1.26.